The number of oxazole rings is 1. The molecule has 2 N–H and O–H groups in total. The van der Waals surface area contributed by atoms with Crippen LogP contribution >= 0.6 is 0 Å². The van der Waals surface area contributed by atoms with Crippen molar-refractivity contribution in [1.82, 2.24) is 4.98 Å². The van der Waals surface area contributed by atoms with Gasteiger partial charge in [-0.25, -0.2) is 4.98 Å². The van der Waals surface area contributed by atoms with E-state index in [-0.39, 0.29) is 11.7 Å². The van der Waals surface area contributed by atoms with Crippen molar-refractivity contribution < 1.29 is 14.3 Å². The van der Waals surface area contributed by atoms with E-state index in [9.17, 15) is 9.90 Å². The van der Waals surface area contributed by atoms with Crippen molar-refractivity contribution in [2.24, 2.45) is 0 Å². The SMILES string of the molecule is CCC(=O)Nc1ccc(O)c(-c2nc3cc(C)c(C)cc3o2)c1. The van der Waals surface area contributed by atoms with Gasteiger partial charge in [0.15, 0.2) is 5.58 Å². The lowest BCUT2D eigenvalue weighted by Crippen LogP contribution is -2.09. The Morgan fingerprint density at radius 1 is 1.22 bits per heavy atom. The fourth-order valence-electron chi connectivity index (χ4n) is 2.33. The van der Waals surface area contributed by atoms with Gasteiger partial charge in [0.2, 0.25) is 11.8 Å². The third kappa shape index (κ3) is 2.90. The van der Waals surface area contributed by atoms with Gasteiger partial charge in [0.1, 0.15) is 11.3 Å². The molecule has 0 unspecified atom stereocenters. The molecule has 2 aromatic carbocycles. The lowest BCUT2D eigenvalue weighted by atomic mass is 10.1. The number of benzene rings is 2. The zero-order valence-electron chi connectivity index (χ0n) is 13.3. The fourth-order valence-corrected chi connectivity index (χ4v) is 2.33. The zero-order chi connectivity index (χ0) is 16.6. The normalized spacial score (nSPS) is 10.9. The van der Waals surface area contributed by atoms with Crippen molar-refractivity contribution in [3.8, 4) is 17.2 Å². The number of aromatic nitrogens is 1. The highest BCUT2D eigenvalue weighted by atomic mass is 16.3. The summed E-state index contributed by atoms with van der Waals surface area (Å²) in [5, 5.41) is 12.9. The first kappa shape index (κ1) is 15.1. The summed E-state index contributed by atoms with van der Waals surface area (Å²) >= 11 is 0. The number of rotatable bonds is 3. The van der Waals surface area contributed by atoms with E-state index in [1.165, 1.54) is 6.07 Å². The average Bonchev–Trinajstić information content (AvgIpc) is 2.92. The summed E-state index contributed by atoms with van der Waals surface area (Å²) in [6.45, 7) is 5.80. The Hall–Kier alpha value is -2.82. The summed E-state index contributed by atoms with van der Waals surface area (Å²) in [6, 6.07) is 8.71. The second kappa shape index (κ2) is 5.76. The van der Waals surface area contributed by atoms with Gasteiger partial charge in [0.05, 0.1) is 5.56 Å². The third-order valence-electron chi connectivity index (χ3n) is 3.84. The van der Waals surface area contributed by atoms with E-state index >= 15 is 0 Å². The largest absolute Gasteiger partial charge is 0.507 e. The van der Waals surface area contributed by atoms with Crippen LogP contribution in [0.2, 0.25) is 0 Å². The number of aryl methyl sites for hydroxylation is 2. The van der Waals surface area contributed by atoms with Gasteiger partial charge in [-0.3, -0.25) is 4.79 Å². The van der Waals surface area contributed by atoms with Gasteiger partial charge >= 0.3 is 0 Å². The van der Waals surface area contributed by atoms with E-state index in [0.717, 1.165) is 16.6 Å². The number of nitrogens with zero attached hydrogens (tertiary/aromatic N) is 1. The highest BCUT2D eigenvalue weighted by molar-refractivity contribution is 5.91. The summed E-state index contributed by atoms with van der Waals surface area (Å²) in [7, 11) is 0. The van der Waals surface area contributed by atoms with Crippen molar-refractivity contribution in [3.63, 3.8) is 0 Å². The Balaban J connectivity index is 2.06. The third-order valence-corrected chi connectivity index (χ3v) is 3.84. The van der Waals surface area contributed by atoms with Crippen LogP contribution in [0.15, 0.2) is 34.7 Å². The van der Waals surface area contributed by atoms with Crippen molar-refractivity contribution in [1.29, 1.82) is 0 Å². The number of phenolic OH excluding ortho intramolecular Hbond substituents is 1. The van der Waals surface area contributed by atoms with Crippen molar-refractivity contribution in [2.75, 3.05) is 5.32 Å². The molecule has 0 aliphatic rings. The van der Waals surface area contributed by atoms with E-state index in [0.29, 0.717) is 29.1 Å². The first-order valence-corrected chi connectivity index (χ1v) is 7.49. The minimum atomic E-state index is -0.0922. The molecule has 0 radical (unpaired) electrons. The number of hydrogen-bond acceptors (Lipinski definition) is 4. The van der Waals surface area contributed by atoms with Crippen LogP contribution in [0.1, 0.15) is 24.5 Å². The molecule has 3 aromatic rings. The topological polar surface area (TPSA) is 75.4 Å². The van der Waals surface area contributed by atoms with Gasteiger partial charge in [-0.2, -0.15) is 0 Å². The summed E-state index contributed by atoms with van der Waals surface area (Å²) in [4.78, 5) is 16.0. The Labute approximate surface area is 134 Å². The van der Waals surface area contributed by atoms with Crippen molar-refractivity contribution in [2.45, 2.75) is 27.2 Å². The van der Waals surface area contributed by atoms with E-state index in [1.807, 2.05) is 26.0 Å². The Morgan fingerprint density at radius 2 is 1.96 bits per heavy atom. The number of hydrogen-bond donors (Lipinski definition) is 2. The number of carbonyl (C=O) groups is 1. The van der Waals surface area contributed by atoms with E-state index in [4.69, 9.17) is 4.42 Å². The van der Waals surface area contributed by atoms with Crippen LogP contribution in [0.4, 0.5) is 5.69 Å². The Kier molecular flexibility index (Phi) is 3.78. The lowest BCUT2D eigenvalue weighted by Gasteiger charge is -2.06. The van der Waals surface area contributed by atoms with E-state index in [1.54, 1.807) is 19.1 Å². The van der Waals surface area contributed by atoms with Gasteiger partial charge in [-0.05, 0) is 55.3 Å². The summed E-state index contributed by atoms with van der Waals surface area (Å²) in [5.74, 6) is 0.292. The summed E-state index contributed by atoms with van der Waals surface area (Å²) in [5.41, 5.74) is 4.71. The molecule has 1 aromatic heterocycles. The molecule has 0 spiro atoms. The number of carbonyl (C=O) groups excluding carboxylic acids is 1. The van der Waals surface area contributed by atoms with Gasteiger partial charge in [0, 0.05) is 12.1 Å². The number of aromatic hydroxyl groups is 1. The predicted octanol–water partition coefficient (Wildman–Crippen LogP) is 4.17. The number of amides is 1. The highest BCUT2D eigenvalue weighted by Gasteiger charge is 2.14. The molecule has 0 bridgehead atoms. The second-order valence-corrected chi connectivity index (χ2v) is 5.56. The smallest absolute Gasteiger partial charge is 0.231 e. The van der Waals surface area contributed by atoms with Crippen LogP contribution in [-0.4, -0.2) is 16.0 Å². The van der Waals surface area contributed by atoms with Gasteiger partial charge in [-0.1, -0.05) is 6.92 Å². The van der Waals surface area contributed by atoms with Crippen molar-refractivity contribution >= 4 is 22.7 Å². The number of anilines is 1. The van der Waals surface area contributed by atoms with Gasteiger partial charge in [0.25, 0.3) is 0 Å². The molecular formula is C18H18N2O3. The monoisotopic (exact) mass is 310 g/mol. The maximum Gasteiger partial charge on any atom is 0.231 e. The van der Waals surface area contributed by atoms with Crippen LogP contribution < -0.4 is 5.32 Å². The molecule has 118 valence electrons. The molecule has 0 saturated heterocycles. The van der Waals surface area contributed by atoms with Crippen LogP contribution in [0.5, 0.6) is 5.75 Å². The van der Waals surface area contributed by atoms with Crippen LogP contribution in [0.25, 0.3) is 22.6 Å². The molecule has 1 heterocycles. The van der Waals surface area contributed by atoms with Crippen molar-refractivity contribution in [3.05, 3.63) is 41.5 Å². The zero-order valence-corrected chi connectivity index (χ0v) is 13.3. The lowest BCUT2D eigenvalue weighted by molar-refractivity contribution is -0.115. The van der Waals surface area contributed by atoms with Crippen LogP contribution in [-0.2, 0) is 4.79 Å². The number of fused-ring (bicyclic) bond motifs is 1. The molecular weight excluding hydrogens is 292 g/mol. The molecule has 3 rings (SSSR count). The molecule has 0 aliphatic heterocycles. The van der Waals surface area contributed by atoms with Gasteiger partial charge in [-0.15, -0.1) is 0 Å². The first-order chi connectivity index (χ1) is 11.0. The molecule has 5 nitrogen and oxygen atoms in total. The molecule has 23 heavy (non-hydrogen) atoms. The van der Waals surface area contributed by atoms with Crippen LogP contribution in [0, 0.1) is 13.8 Å². The second-order valence-electron chi connectivity index (χ2n) is 5.56. The van der Waals surface area contributed by atoms with E-state index in [2.05, 4.69) is 10.3 Å². The molecule has 0 saturated carbocycles. The summed E-state index contributed by atoms with van der Waals surface area (Å²) in [6.07, 6.45) is 0.387. The standard InChI is InChI=1S/C18H18N2O3/c1-4-17(22)19-12-5-6-15(21)13(9-12)18-20-14-7-10(2)11(3)8-16(14)23-18/h5-9,21H,4H2,1-3H3,(H,19,22). The minimum absolute atomic E-state index is 0.0551. The minimum Gasteiger partial charge on any atom is -0.507 e. The van der Waals surface area contributed by atoms with E-state index < -0.39 is 0 Å². The molecule has 1 amide bonds. The first-order valence-electron chi connectivity index (χ1n) is 7.49. The van der Waals surface area contributed by atoms with Gasteiger partial charge < -0.3 is 14.8 Å². The van der Waals surface area contributed by atoms with Crippen LogP contribution in [0.3, 0.4) is 0 Å². The summed E-state index contributed by atoms with van der Waals surface area (Å²) < 4.78 is 5.77. The maximum atomic E-state index is 11.5. The Morgan fingerprint density at radius 3 is 2.70 bits per heavy atom. The maximum absolute atomic E-state index is 11.5. The predicted molar refractivity (Wildman–Crippen MR) is 89.5 cm³/mol. The number of nitrogens with one attached hydrogen (secondary N) is 1. The molecule has 0 aliphatic carbocycles. The molecule has 0 atom stereocenters. The molecule has 5 heteroatoms. The fraction of sp³-hybridized carbons (Fsp3) is 0.222. The Bertz CT molecular complexity index is 858. The highest BCUT2D eigenvalue weighted by Crippen LogP contribution is 2.33. The quantitative estimate of drug-likeness (QED) is 0.712. The average molecular weight is 310 g/mol. The molecule has 0 fully saturated rings. The number of phenols is 1.